The fourth-order valence-corrected chi connectivity index (χ4v) is 2.99. The Bertz CT molecular complexity index is 380. The molecule has 1 aromatic heterocycles. The van der Waals surface area contributed by atoms with Crippen LogP contribution in [0.1, 0.15) is 59.6 Å². The molecule has 1 unspecified atom stereocenters. The Morgan fingerprint density at radius 1 is 1.25 bits per heavy atom. The van der Waals surface area contributed by atoms with Crippen molar-refractivity contribution in [2.75, 3.05) is 19.6 Å². The zero-order chi connectivity index (χ0) is 15.2. The van der Waals surface area contributed by atoms with E-state index in [4.69, 9.17) is 0 Å². The first-order chi connectivity index (χ1) is 9.51. The molecule has 1 heterocycles. The monoisotopic (exact) mass is 280 g/mol. The standard InChI is InChI=1S/C16H32N4/c1-7-11-17-15(14-12-18-20(10-4)13-14)16(5,6)19(8-2)9-3/h12-13,15,17H,7-11H2,1-6H3. The van der Waals surface area contributed by atoms with Crippen molar-refractivity contribution in [2.45, 2.75) is 66.1 Å². The van der Waals surface area contributed by atoms with Crippen LogP contribution in [0.4, 0.5) is 0 Å². The van der Waals surface area contributed by atoms with Crippen molar-refractivity contribution < 1.29 is 0 Å². The van der Waals surface area contributed by atoms with Crippen molar-refractivity contribution in [3.8, 4) is 0 Å². The van der Waals surface area contributed by atoms with Gasteiger partial charge < -0.3 is 5.32 Å². The van der Waals surface area contributed by atoms with Crippen LogP contribution in [0.5, 0.6) is 0 Å². The van der Waals surface area contributed by atoms with Crippen LogP contribution < -0.4 is 5.32 Å². The van der Waals surface area contributed by atoms with Gasteiger partial charge in [0.05, 0.1) is 12.2 Å². The molecular formula is C16H32N4. The van der Waals surface area contributed by atoms with E-state index in [-0.39, 0.29) is 5.54 Å². The number of rotatable bonds is 9. The predicted octanol–water partition coefficient (Wildman–Crippen LogP) is 3.06. The Morgan fingerprint density at radius 3 is 2.35 bits per heavy atom. The van der Waals surface area contributed by atoms with E-state index in [0.29, 0.717) is 6.04 Å². The predicted molar refractivity (Wildman–Crippen MR) is 85.9 cm³/mol. The van der Waals surface area contributed by atoms with Crippen molar-refractivity contribution >= 4 is 0 Å². The molecule has 0 saturated carbocycles. The molecule has 116 valence electrons. The summed E-state index contributed by atoms with van der Waals surface area (Å²) in [6.45, 7) is 17.6. The Balaban J connectivity index is 3.03. The van der Waals surface area contributed by atoms with E-state index in [2.05, 4.69) is 63.1 Å². The Labute approximate surface area is 124 Å². The minimum absolute atomic E-state index is 0.0697. The van der Waals surface area contributed by atoms with Gasteiger partial charge >= 0.3 is 0 Å². The second-order valence-corrected chi connectivity index (χ2v) is 5.84. The molecule has 20 heavy (non-hydrogen) atoms. The first-order valence-corrected chi connectivity index (χ1v) is 8.01. The second kappa shape index (κ2) is 7.79. The third-order valence-electron chi connectivity index (χ3n) is 4.19. The molecule has 4 nitrogen and oxygen atoms in total. The lowest BCUT2D eigenvalue weighted by atomic mass is 9.88. The molecule has 4 heteroatoms. The minimum Gasteiger partial charge on any atom is -0.308 e. The highest BCUT2D eigenvalue weighted by Gasteiger charge is 2.35. The maximum Gasteiger partial charge on any atom is 0.0538 e. The molecule has 0 bridgehead atoms. The number of aryl methyl sites for hydroxylation is 1. The summed E-state index contributed by atoms with van der Waals surface area (Å²) >= 11 is 0. The van der Waals surface area contributed by atoms with Gasteiger partial charge in [-0.2, -0.15) is 5.10 Å². The van der Waals surface area contributed by atoms with Crippen LogP contribution in [0.3, 0.4) is 0 Å². The minimum atomic E-state index is 0.0697. The van der Waals surface area contributed by atoms with Gasteiger partial charge in [-0.25, -0.2) is 0 Å². The van der Waals surface area contributed by atoms with Gasteiger partial charge in [0.1, 0.15) is 0 Å². The average molecular weight is 280 g/mol. The van der Waals surface area contributed by atoms with Crippen LogP contribution in [0.2, 0.25) is 0 Å². The van der Waals surface area contributed by atoms with Crippen molar-refractivity contribution in [1.29, 1.82) is 0 Å². The maximum absolute atomic E-state index is 4.45. The highest BCUT2D eigenvalue weighted by Crippen LogP contribution is 2.30. The molecule has 0 aromatic carbocycles. The fraction of sp³-hybridized carbons (Fsp3) is 0.812. The molecular weight excluding hydrogens is 248 g/mol. The number of nitrogens with zero attached hydrogens (tertiary/aromatic N) is 3. The average Bonchev–Trinajstić information content (AvgIpc) is 2.88. The molecule has 0 radical (unpaired) electrons. The van der Waals surface area contributed by atoms with Crippen molar-refractivity contribution in [1.82, 2.24) is 20.0 Å². The molecule has 0 aliphatic rings. The third-order valence-corrected chi connectivity index (χ3v) is 4.19. The van der Waals surface area contributed by atoms with Gasteiger partial charge in [0.15, 0.2) is 0 Å². The summed E-state index contributed by atoms with van der Waals surface area (Å²) < 4.78 is 2.01. The molecule has 1 atom stereocenters. The molecule has 1 aromatic rings. The van der Waals surface area contributed by atoms with Crippen LogP contribution in [-0.2, 0) is 6.54 Å². The summed E-state index contributed by atoms with van der Waals surface area (Å²) in [6, 6.07) is 0.308. The normalized spacial score (nSPS) is 13.9. The Morgan fingerprint density at radius 2 is 1.90 bits per heavy atom. The van der Waals surface area contributed by atoms with Crippen molar-refractivity contribution in [2.24, 2.45) is 0 Å². The maximum atomic E-state index is 4.45. The first kappa shape index (κ1) is 17.2. The first-order valence-electron chi connectivity index (χ1n) is 8.01. The van der Waals surface area contributed by atoms with E-state index in [1.54, 1.807) is 0 Å². The summed E-state index contributed by atoms with van der Waals surface area (Å²) in [5.74, 6) is 0. The van der Waals surface area contributed by atoms with Gasteiger partial charge in [-0.15, -0.1) is 0 Å². The highest BCUT2D eigenvalue weighted by molar-refractivity contribution is 5.16. The van der Waals surface area contributed by atoms with E-state index >= 15 is 0 Å². The number of hydrogen-bond donors (Lipinski definition) is 1. The van der Waals surface area contributed by atoms with E-state index in [9.17, 15) is 0 Å². The van der Waals surface area contributed by atoms with Gasteiger partial charge in [-0.1, -0.05) is 20.8 Å². The largest absolute Gasteiger partial charge is 0.308 e. The number of nitrogens with one attached hydrogen (secondary N) is 1. The summed E-state index contributed by atoms with van der Waals surface area (Å²) in [6.07, 6.45) is 5.34. The molecule has 0 spiro atoms. The van der Waals surface area contributed by atoms with Gasteiger partial charge in [-0.3, -0.25) is 9.58 Å². The molecule has 1 rings (SSSR count). The molecule has 0 aliphatic heterocycles. The molecule has 0 amide bonds. The second-order valence-electron chi connectivity index (χ2n) is 5.84. The zero-order valence-electron chi connectivity index (χ0n) is 14.1. The lowest BCUT2D eigenvalue weighted by Crippen LogP contribution is -2.52. The molecule has 0 fully saturated rings. The molecule has 0 saturated heterocycles. The van der Waals surface area contributed by atoms with Crippen LogP contribution in [0.15, 0.2) is 12.4 Å². The SMILES string of the molecule is CCCNC(c1cnn(CC)c1)C(C)(C)N(CC)CC. The van der Waals surface area contributed by atoms with Gasteiger partial charge in [0, 0.05) is 23.8 Å². The summed E-state index contributed by atoms with van der Waals surface area (Å²) in [4.78, 5) is 2.52. The lowest BCUT2D eigenvalue weighted by Gasteiger charge is -2.43. The number of hydrogen-bond acceptors (Lipinski definition) is 3. The highest BCUT2D eigenvalue weighted by atomic mass is 15.3. The Hall–Kier alpha value is -0.870. The van der Waals surface area contributed by atoms with Gasteiger partial charge in [0.2, 0.25) is 0 Å². The summed E-state index contributed by atoms with van der Waals surface area (Å²) in [5.41, 5.74) is 1.36. The van der Waals surface area contributed by atoms with Crippen LogP contribution in [-0.4, -0.2) is 39.9 Å². The summed E-state index contributed by atoms with van der Waals surface area (Å²) in [7, 11) is 0. The quantitative estimate of drug-likeness (QED) is 0.754. The smallest absolute Gasteiger partial charge is 0.0538 e. The fourth-order valence-electron chi connectivity index (χ4n) is 2.99. The van der Waals surface area contributed by atoms with Crippen molar-refractivity contribution in [3.63, 3.8) is 0 Å². The van der Waals surface area contributed by atoms with E-state index in [1.807, 2.05) is 10.9 Å². The van der Waals surface area contributed by atoms with Crippen LogP contribution >= 0.6 is 0 Å². The van der Waals surface area contributed by atoms with Crippen LogP contribution in [0.25, 0.3) is 0 Å². The molecule has 0 aliphatic carbocycles. The van der Waals surface area contributed by atoms with Gasteiger partial charge in [0.25, 0.3) is 0 Å². The Kier molecular flexibility index (Phi) is 6.69. The lowest BCUT2D eigenvalue weighted by molar-refractivity contribution is 0.0911. The number of likely N-dealkylation sites (N-methyl/N-ethyl adjacent to an activating group) is 1. The van der Waals surface area contributed by atoms with E-state index in [1.165, 1.54) is 5.56 Å². The number of aromatic nitrogens is 2. The van der Waals surface area contributed by atoms with E-state index in [0.717, 1.165) is 32.6 Å². The topological polar surface area (TPSA) is 33.1 Å². The third kappa shape index (κ3) is 3.83. The summed E-state index contributed by atoms with van der Waals surface area (Å²) in [5, 5.41) is 8.16. The van der Waals surface area contributed by atoms with E-state index < -0.39 is 0 Å². The van der Waals surface area contributed by atoms with Crippen LogP contribution in [0, 0.1) is 0 Å². The molecule has 1 N–H and O–H groups in total. The van der Waals surface area contributed by atoms with Crippen molar-refractivity contribution in [3.05, 3.63) is 18.0 Å². The zero-order valence-corrected chi connectivity index (χ0v) is 14.1. The van der Waals surface area contributed by atoms with Gasteiger partial charge in [-0.05, 0) is 46.8 Å².